The topological polar surface area (TPSA) is 46.2 Å². The summed E-state index contributed by atoms with van der Waals surface area (Å²) in [6.07, 6.45) is 1.02. The Kier molecular flexibility index (Phi) is 4.03. The van der Waals surface area contributed by atoms with Crippen LogP contribution in [0, 0.1) is 12.8 Å². The molecule has 1 aliphatic rings. The zero-order valence-corrected chi connectivity index (χ0v) is 13.5. The molecule has 118 valence electrons. The lowest BCUT2D eigenvalue weighted by atomic mass is 9.72. The summed E-state index contributed by atoms with van der Waals surface area (Å²) < 4.78 is 0. The average molecular weight is 307 g/mol. The molecule has 0 spiro atoms. The molecular formula is C20H21NO2. The molecule has 2 aromatic rings. The molecule has 0 aliphatic heterocycles. The first-order chi connectivity index (χ1) is 11.0. The number of carbonyl (C=O) groups excluding carboxylic acids is 2. The van der Waals surface area contributed by atoms with E-state index in [1.165, 1.54) is 0 Å². The second kappa shape index (κ2) is 5.99. The standard InChI is InChI=1S/C20H21NO2/c1-14-8-10-17(11-9-14)21-19(23)20(13-12-18(22)15(20)2)16-6-4-3-5-7-16/h3-11,15H,12-13H2,1-2H3,(H,21,23). The molecule has 1 aliphatic carbocycles. The number of ketones is 1. The highest BCUT2D eigenvalue weighted by Crippen LogP contribution is 2.44. The van der Waals surface area contributed by atoms with E-state index in [0.29, 0.717) is 12.8 Å². The minimum Gasteiger partial charge on any atom is -0.325 e. The van der Waals surface area contributed by atoms with Gasteiger partial charge in [0.15, 0.2) is 0 Å². The third-order valence-electron chi connectivity index (χ3n) is 4.99. The molecule has 1 N–H and O–H groups in total. The molecule has 23 heavy (non-hydrogen) atoms. The van der Waals surface area contributed by atoms with Gasteiger partial charge in [-0.1, -0.05) is 55.0 Å². The molecule has 0 heterocycles. The van der Waals surface area contributed by atoms with E-state index < -0.39 is 5.41 Å². The van der Waals surface area contributed by atoms with Crippen molar-refractivity contribution in [2.75, 3.05) is 5.32 Å². The number of hydrogen-bond donors (Lipinski definition) is 1. The summed E-state index contributed by atoms with van der Waals surface area (Å²) >= 11 is 0. The van der Waals surface area contributed by atoms with Crippen LogP contribution in [0.25, 0.3) is 0 Å². The first kappa shape index (κ1) is 15.5. The van der Waals surface area contributed by atoms with E-state index in [2.05, 4.69) is 5.32 Å². The number of hydrogen-bond acceptors (Lipinski definition) is 2. The largest absolute Gasteiger partial charge is 0.325 e. The smallest absolute Gasteiger partial charge is 0.235 e. The molecule has 3 heteroatoms. The zero-order valence-electron chi connectivity index (χ0n) is 13.5. The Bertz CT molecular complexity index is 721. The predicted molar refractivity (Wildman–Crippen MR) is 91.3 cm³/mol. The molecule has 0 bridgehead atoms. The Morgan fingerprint density at radius 2 is 1.74 bits per heavy atom. The van der Waals surface area contributed by atoms with Crippen LogP contribution in [-0.2, 0) is 15.0 Å². The predicted octanol–water partition coefficient (Wildman–Crippen LogP) is 3.87. The lowest BCUT2D eigenvalue weighted by molar-refractivity contribution is -0.127. The van der Waals surface area contributed by atoms with Crippen molar-refractivity contribution in [1.29, 1.82) is 0 Å². The summed E-state index contributed by atoms with van der Waals surface area (Å²) in [5.74, 6) is -0.242. The minimum absolute atomic E-state index is 0.0918. The number of carbonyl (C=O) groups is 2. The van der Waals surface area contributed by atoms with Crippen molar-refractivity contribution < 1.29 is 9.59 Å². The van der Waals surface area contributed by atoms with E-state index in [0.717, 1.165) is 16.8 Å². The van der Waals surface area contributed by atoms with Gasteiger partial charge in [0.2, 0.25) is 5.91 Å². The number of aryl methyl sites for hydroxylation is 1. The van der Waals surface area contributed by atoms with Crippen LogP contribution in [0.3, 0.4) is 0 Å². The van der Waals surface area contributed by atoms with Gasteiger partial charge in [0.05, 0.1) is 5.41 Å². The normalized spacial score (nSPS) is 23.7. The molecule has 2 atom stereocenters. The first-order valence-corrected chi connectivity index (χ1v) is 8.00. The van der Waals surface area contributed by atoms with Crippen molar-refractivity contribution in [3.8, 4) is 0 Å². The summed E-state index contributed by atoms with van der Waals surface area (Å²) in [4.78, 5) is 25.3. The third kappa shape index (κ3) is 2.67. The van der Waals surface area contributed by atoms with Gasteiger partial charge in [-0.25, -0.2) is 0 Å². The number of rotatable bonds is 3. The molecular weight excluding hydrogens is 286 g/mol. The first-order valence-electron chi connectivity index (χ1n) is 8.00. The summed E-state index contributed by atoms with van der Waals surface area (Å²) in [6.45, 7) is 3.88. The lowest BCUT2D eigenvalue weighted by Gasteiger charge is -2.32. The number of amides is 1. The number of nitrogens with one attached hydrogen (secondary N) is 1. The van der Waals surface area contributed by atoms with Crippen molar-refractivity contribution in [2.24, 2.45) is 5.92 Å². The molecule has 0 aromatic heterocycles. The summed E-state index contributed by atoms with van der Waals surface area (Å²) in [7, 11) is 0. The summed E-state index contributed by atoms with van der Waals surface area (Å²) in [5, 5.41) is 3.01. The molecule has 2 unspecified atom stereocenters. The van der Waals surface area contributed by atoms with E-state index in [9.17, 15) is 9.59 Å². The van der Waals surface area contributed by atoms with Gasteiger partial charge in [0.1, 0.15) is 5.78 Å². The Labute approximate surface area is 136 Å². The highest BCUT2D eigenvalue weighted by atomic mass is 16.2. The highest BCUT2D eigenvalue weighted by Gasteiger charge is 2.52. The van der Waals surface area contributed by atoms with E-state index in [-0.39, 0.29) is 17.6 Å². The van der Waals surface area contributed by atoms with Crippen molar-refractivity contribution in [2.45, 2.75) is 32.1 Å². The van der Waals surface area contributed by atoms with Crippen LogP contribution >= 0.6 is 0 Å². The Morgan fingerprint density at radius 1 is 1.09 bits per heavy atom. The van der Waals surface area contributed by atoms with Crippen LogP contribution < -0.4 is 5.32 Å². The Balaban J connectivity index is 1.97. The summed E-state index contributed by atoms with van der Waals surface area (Å²) in [6, 6.07) is 17.4. The monoisotopic (exact) mass is 307 g/mol. The second-order valence-electron chi connectivity index (χ2n) is 6.35. The lowest BCUT2D eigenvalue weighted by Crippen LogP contribution is -2.43. The van der Waals surface area contributed by atoms with Gasteiger partial charge in [-0.2, -0.15) is 0 Å². The van der Waals surface area contributed by atoms with Gasteiger partial charge in [-0.05, 0) is 31.0 Å². The zero-order chi connectivity index (χ0) is 16.4. The van der Waals surface area contributed by atoms with Crippen LogP contribution in [0.2, 0.25) is 0 Å². The van der Waals surface area contributed by atoms with Crippen LogP contribution in [0.15, 0.2) is 54.6 Å². The van der Waals surface area contributed by atoms with Crippen molar-refractivity contribution >= 4 is 17.4 Å². The quantitative estimate of drug-likeness (QED) is 0.935. The molecule has 0 saturated heterocycles. The van der Waals surface area contributed by atoms with E-state index >= 15 is 0 Å². The fourth-order valence-electron chi connectivity index (χ4n) is 3.48. The second-order valence-corrected chi connectivity index (χ2v) is 6.35. The molecule has 1 fully saturated rings. The van der Waals surface area contributed by atoms with E-state index in [1.807, 2.05) is 68.4 Å². The van der Waals surface area contributed by atoms with Crippen LogP contribution in [-0.4, -0.2) is 11.7 Å². The Morgan fingerprint density at radius 3 is 2.30 bits per heavy atom. The number of benzene rings is 2. The maximum absolute atomic E-state index is 13.1. The van der Waals surface area contributed by atoms with Gasteiger partial charge in [-0.3, -0.25) is 9.59 Å². The van der Waals surface area contributed by atoms with Crippen molar-refractivity contribution in [3.63, 3.8) is 0 Å². The van der Waals surface area contributed by atoms with Gasteiger partial charge < -0.3 is 5.32 Å². The molecule has 2 aromatic carbocycles. The fraction of sp³-hybridized carbons (Fsp3) is 0.300. The van der Waals surface area contributed by atoms with E-state index in [1.54, 1.807) is 0 Å². The fourth-order valence-corrected chi connectivity index (χ4v) is 3.48. The Hall–Kier alpha value is -2.42. The molecule has 3 nitrogen and oxygen atoms in total. The van der Waals surface area contributed by atoms with Crippen LogP contribution in [0.1, 0.15) is 30.9 Å². The molecule has 0 radical (unpaired) electrons. The molecule has 1 saturated carbocycles. The number of anilines is 1. The maximum Gasteiger partial charge on any atom is 0.235 e. The van der Waals surface area contributed by atoms with Crippen molar-refractivity contribution in [3.05, 3.63) is 65.7 Å². The van der Waals surface area contributed by atoms with E-state index in [4.69, 9.17) is 0 Å². The summed E-state index contributed by atoms with van der Waals surface area (Å²) in [5.41, 5.74) is 2.05. The maximum atomic E-state index is 13.1. The number of Topliss-reactive ketones (excluding diaryl/α,β-unsaturated/α-hetero) is 1. The van der Waals surface area contributed by atoms with Gasteiger partial charge in [0, 0.05) is 18.0 Å². The van der Waals surface area contributed by atoms with Gasteiger partial charge in [-0.15, -0.1) is 0 Å². The van der Waals surface area contributed by atoms with Crippen molar-refractivity contribution in [1.82, 2.24) is 0 Å². The van der Waals surface area contributed by atoms with Crippen LogP contribution in [0.4, 0.5) is 5.69 Å². The van der Waals surface area contributed by atoms with Gasteiger partial charge >= 0.3 is 0 Å². The highest BCUT2D eigenvalue weighted by molar-refractivity contribution is 6.05. The SMILES string of the molecule is Cc1ccc(NC(=O)C2(c3ccccc3)CCC(=O)C2C)cc1. The van der Waals surface area contributed by atoms with Crippen LogP contribution in [0.5, 0.6) is 0 Å². The third-order valence-corrected chi connectivity index (χ3v) is 4.99. The minimum atomic E-state index is -0.775. The average Bonchev–Trinajstić information content (AvgIpc) is 2.87. The molecule has 3 rings (SSSR count). The molecule has 1 amide bonds. The van der Waals surface area contributed by atoms with Gasteiger partial charge in [0.25, 0.3) is 0 Å².